The Morgan fingerprint density at radius 2 is 2.00 bits per heavy atom. The number of hydrogen-bond donors (Lipinski definition) is 2. The van der Waals surface area contributed by atoms with Crippen molar-refractivity contribution in [2.24, 2.45) is 5.41 Å². The molecule has 120 valence electrons. The molecule has 0 spiro atoms. The molecule has 1 aromatic rings. The highest BCUT2D eigenvalue weighted by Gasteiger charge is 2.20. The quantitative estimate of drug-likeness (QED) is 0.797. The zero-order chi connectivity index (χ0) is 16.9. The van der Waals surface area contributed by atoms with E-state index in [4.69, 9.17) is 0 Å². The van der Waals surface area contributed by atoms with Gasteiger partial charge < -0.3 is 15.3 Å². The topological polar surface area (TPSA) is 95.4 Å². The molecule has 0 bridgehead atoms. The van der Waals surface area contributed by atoms with Crippen molar-refractivity contribution >= 4 is 17.8 Å². The van der Waals surface area contributed by atoms with Gasteiger partial charge in [-0.05, 0) is 11.5 Å². The Morgan fingerprint density at radius 3 is 2.50 bits per heavy atom. The highest BCUT2D eigenvalue weighted by molar-refractivity contribution is 5.95. The highest BCUT2D eigenvalue weighted by atomic mass is 16.4. The van der Waals surface area contributed by atoms with Crippen LogP contribution in [0.4, 0.5) is 5.95 Å². The van der Waals surface area contributed by atoms with Crippen LogP contribution in [-0.4, -0.2) is 47.1 Å². The third-order valence-corrected chi connectivity index (χ3v) is 2.62. The van der Waals surface area contributed by atoms with Gasteiger partial charge in [0.25, 0.3) is 5.91 Å². The summed E-state index contributed by atoms with van der Waals surface area (Å²) in [5, 5.41) is 11.6. The smallest absolute Gasteiger partial charge is 0.330 e. The van der Waals surface area contributed by atoms with Crippen molar-refractivity contribution in [3.8, 4) is 0 Å². The predicted octanol–water partition coefficient (Wildman–Crippen LogP) is 1.33. The second kappa shape index (κ2) is 7.02. The molecule has 0 unspecified atom stereocenters. The number of aromatic nitrogens is 2. The number of allylic oxidation sites excluding steroid dienone is 1. The van der Waals surface area contributed by atoms with Crippen molar-refractivity contribution in [2.75, 3.05) is 19.0 Å². The molecule has 22 heavy (non-hydrogen) atoms. The first kappa shape index (κ1) is 17.6. The number of rotatable bonds is 5. The van der Waals surface area contributed by atoms with E-state index in [1.54, 1.807) is 25.1 Å². The number of carbonyl (C=O) groups is 2. The number of carbonyl (C=O) groups excluding carboxylic acids is 1. The lowest BCUT2D eigenvalue weighted by atomic mass is 9.95. The van der Waals surface area contributed by atoms with E-state index in [0.717, 1.165) is 0 Å². The minimum absolute atomic E-state index is 0.120. The van der Waals surface area contributed by atoms with Gasteiger partial charge in [-0.3, -0.25) is 4.79 Å². The summed E-state index contributed by atoms with van der Waals surface area (Å²) >= 11 is 0. The lowest BCUT2D eigenvalue weighted by Gasteiger charge is -2.15. The van der Waals surface area contributed by atoms with Crippen LogP contribution in [0.25, 0.3) is 0 Å². The van der Waals surface area contributed by atoms with Crippen LogP contribution in [0, 0.1) is 5.41 Å². The van der Waals surface area contributed by atoms with Crippen molar-refractivity contribution in [1.82, 2.24) is 15.3 Å². The zero-order valence-corrected chi connectivity index (χ0v) is 13.5. The number of hydrogen-bond acceptors (Lipinski definition) is 5. The molecule has 1 atom stereocenters. The van der Waals surface area contributed by atoms with Gasteiger partial charge in [-0.15, -0.1) is 0 Å². The molecule has 0 aliphatic heterocycles. The number of anilines is 1. The van der Waals surface area contributed by atoms with Gasteiger partial charge in [0.05, 0.1) is 0 Å². The van der Waals surface area contributed by atoms with Crippen LogP contribution in [0.2, 0.25) is 0 Å². The van der Waals surface area contributed by atoms with Crippen molar-refractivity contribution in [1.29, 1.82) is 0 Å². The summed E-state index contributed by atoms with van der Waals surface area (Å²) in [6.45, 7) is 5.83. The molecule has 1 rings (SSSR count). The molecular weight excluding hydrogens is 284 g/mol. The van der Waals surface area contributed by atoms with Crippen molar-refractivity contribution in [3.05, 3.63) is 30.1 Å². The van der Waals surface area contributed by atoms with Crippen LogP contribution < -0.4 is 10.2 Å². The van der Waals surface area contributed by atoms with Gasteiger partial charge in [0.2, 0.25) is 5.95 Å². The number of amides is 1. The average molecular weight is 306 g/mol. The number of aliphatic carboxylic acids is 1. The summed E-state index contributed by atoms with van der Waals surface area (Å²) in [6, 6.07) is 0.332. The van der Waals surface area contributed by atoms with Gasteiger partial charge in [0.1, 0.15) is 11.7 Å². The molecule has 7 nitrogen and oxygen atoms in total. The largest absolute Gasteiger partial charge is 0.479 e. The Labute approximate surface area is 130 Å². The van der Waals surface area contributed by atoms with E-state index in [-0.39, 0.29) is 11.1 Å². The maximum Gasteiger partial charge on any atom is 0.330 e. The molecule has 1 heterocycles. The molecule has 0 radical (unpaired) electrons. The van der Waals surface area contributed by atoms with E-state index in [1.807, 2.05) is 20.8 Å². The number of nitrogens with zero attached hydrogens (tertiary/aromatic N) is 3. The van der Waals surface area contributed by atoms with Crippen LogP contribution in [-0.2, 0) is 4.79 Å². The van der Waals surface area contributed by atoms with E-state index in [1.165, 1.54) is 18.3 Å². The number of carboxylic acid groups (broad SMARTS) is 1. The summed E-state index contributed by atoms with van der Waals surface area (Å²) in [7, 11) is 3.51. The van der Waals surface area contributed by atoms with Gasteiger partial charge in [0, 0.05) is 20.3 Å². The third-order valence-electron chi connectivity index (χ3n) is 2.62. The number of nitrogens with one attached hydrogen (secondary N) is 1. The van der Waals surface area contributed by atoms with E-state index >= 15 is 0 Å². The van der Waals surface area contributed by atoms with E-state index < -0.39 is 17.9 Å². The molecule has 0 aliphatic rings. The lowest BCUT2D eigenvalue weighted by molar-refractivity contribution is -0.137. The molecule has 0 saturated heterocycles. The van der Waals surface area contributed by atoms with Crippen LogP contribution in [0.3, 0.4) is 0 Å². The summed E-state index contributed by atoms with van der Waals surface area (Å²) in [6.07, 6.45) is 4.67. The summed E-state index contributed by atoms with van der Waals surface area (Å²) < 4.78 is 0. The third kappa shape index (κ3) is 5.51. The van der Waals surface area contributed by atoms with Gasteiger partial charge in [0.15, 0.2) is 0 Å². The van der Waals surface area contributed by atoms with Crippen LogP contribution in [0.5, 0.6) is 0 Å². The molecule has 1 amide bonds. The maximum absolute atomic E-state index is 12.1. The molecule has 0 fully saturated rings. The standard InChI is InChI=1S/C15H22N4O3/c1-15(2,3)8-6-11(13(21)22)17-12(20)10-7-9-16-14(18-10)19(4)5/h6-9,11H,1-5H3,(H,17,20)(H,21,22)/b8-6+/t11-/m1/s1. The van der Waals surface area contributed by atoms with E-state index in [2.05, 4.69) is 15.3 Å². The Balaban J connectivity index is 2.90. The SMILES string of the molecule is CN(C)c1nccc(C(=O)N[C@H](/C=C/C(C)(C)C)C(=O)O)n1. The van der Waals surface area contributed by atoms with Crippen LogP contribution in [0.15, 0.2) is 24.4 Å². The first-order valence-electron chi connectivity index (χ1n) is 6.83. The predicted molar refractivity (Wildman–Crippen MR) is 83.8 cm³/mol. The zero-order valence-electron chi connectivity index (χ0n) is 13.5. The van der Waals surface area contributed by atoms with Crippen molar-refractivity contribution < 1.29 is 14.7 Å². The molecule has 2 N–H and O–H groups in total. The highest BCUT2D eigenvalue weighted by Crippen LogP contribution is 2.15. The fraction of sp³-hybridized carbons (Fsp3) is 0.467. The fourth-order valence-electron chi connectivity index (χ4n) is 1.48. The summed E-state index contributed by atoms with van der Waals surface area (Å²) in [5.41, 5.74) is -0.0556. The van der Waals surface area contributed by atoms with Gasteiger partial charge in [-0.1, -0.05) is 32.9 Å². The van der Waals surface area contributed by atoms with E-state index in [0.29, 0.717) is 5.95 Å². The Bertz CT molecular complexity index is 576. The monoisotopic (exact) mass is 306 g/mol. The molecule has 0 aromatic carbocycles. The first-order valence-corrected chi connectivity index (χ1v) is 6.83. The Hall–Kier alpha value is -2.44. The minimum Gasteiger partial charge on any atom is -0.479 e. The second-order valence-corrected chi connectivity index (χ2v) is 6.15. The Morgan fingerprint density at radius 1 is 1.36 bits per heavy atom. The van der Waals surface area contributed by atoms with Crippen molar-refractivity contribution in [2.45, 2.75) is 26.8 Å². The average Bonchev–Trinajstić information content (AvgIpc) is 2.41. The summed E-state index contributed by atoms with van der Waals surface area (Å²) in [5.74, 6) is -1.31. The normalized spacial score (nSPS) is 13.0. The molecule has 1 aromatic heterocycles. The molecule has 7 heteroatoms. The first-order chi connectivity index (χ1) is 10.1. The molecular formula is C15H22N4O3. The summed E-state index contributed by atoms with van der Waals surface area (Å²) in [4.78, 5) is 33.1. The minimum atomic E-state index is -1.13. The van der Waals surface area contributed by atoms with Crippen LogP contribution in [0.1, 0.15) is 31.3 Å². The van der Waals surface area contributed by atoms with Gasteiger partial charge in [-0.25, -0.2) is 14.8 Å². The maximum atomic E-state index is 12.1. The number of carboxylic acids is 1. The van der Waals surface area contributed by atoms with Gasteiger partial charge >= 0.3 is 5.97 Å². The molecule has 0 aliphatic carbocycles. The second-order valence-electron chi connectivity index (χ2n) is 6.15. The fourth-order valence-corrected chi connectivity index (χ4v) is 1.48. The van der Waals surface area contributed by atoms with E-state index in [9.17, 15) is 14.7 Å². The lowest BCUT2D eigenvalue weighted by Crippen LogP contribution is -2.40. The Kier molecular flexibility index (Phi) is 5.62. The van der Waals surface area contributed by atoms with Gasteiger partial charge in [-0.2, -0.15) is 0 Å². The molecule has 0 saturated carbocycles. The van der Waals surface area contributed by atoms with Crippen molar-refractivity contribution in [3.63, 3.8) is 0 Å². The van der Waals surface area contributed by atoms with Crippen LogP contribution >= 0.6 is 0 Å².